The molecule has 0 saturated carbocycles. The van der Waals surface area contributed by atoms with Gasteiger partial charge in [-0.3, -0.25) is 0 Å². The lowest BCUT2D eigenvalue weighted by Gasteiger charge is -2.22. The molecule has 0 radical (unpaired) electrons. The average molecular weight is 169 g/mol. The molecule has 0 amide bonds. The van der Waals surface area contributed by atoms with E-state index in [1.165, 1.54) is 4.53 Å². The Balaban J connectivity index is 0.000000640. The van der Waals surface area contributed by atoms with Crippen molar-refractivity contribution in [3.05, 3.63) is 0 Å². The van der Waals surface area contributed by atoms with Crippen LogP contribution in [0.3, 0.4) is 0 Å². The summed E-state index contributed by atoms with van der Waals surface area (Å²) in [5.41, 5.74) is 0.0293. The number of hydrogen-bond acceptors (Lipinski definition) is 2. The summed E-state index contributed by atoms with van der Waals surface area (Å²) >= 11 is 5.64. The predicted octanol–water partition coefficient (Wildman–Crippen LogP) is 2.03. The second-order valence-electron chi connectivity index (χ2n) is 2.57. The van der Waals surface area contributed by atoms with Crippen LogP contribution in [-0.4, -0.2) is 16.3 Å². The zero-order valence-electron chi connectivity index (χ0n) is 5.47. The van der Waals surface area contributed by atoms with Gasteiger partial charge in [-0.2, -0.15) is 5.10 Å². The molecule has 1 heterocycles. The Morgan fingerprint density at radius 1 is 1.67 bits per heavy atom. The van der Waals surface area contributed by atoms with Gasteiger partial charge in [-0.15, -0.1) is 12.4 Å². The molecule has 0 aromatic carbocycles. The molecule has 0 unspecified atom stereocenters. The quantitative estimate of drug-likeness (QED) is 0.506. The fourth-order valence-electron chi connectivity index (χ4n) is 0.568. The number of hydrazone groups is 1. The third kappa shape index (κ3) is 1.73. The Morgan fingerprint density at radius 2 is 2.22 bits per heavy atom. The Morgan fingerprint density at radius 3 is 2.33 bits per heavy atom. The van der Waals surface area contributed by atoms with E-state index in [2.05, 4.69) is 5.10 Å². The topological polar surface area (TPSA) is 15.6 Å². The summed E-state index contributed by atoms with van der Waals surface area (Å²) in [5.74, 6) is 0. The SMILES string of the molecule is CC1(C)CC=NN1Cl.Cl. The van der Waals surface area contributed by atoms with E-state index in [1.54, 1.807) is 0 Å². The van der Waals surface area contributed by atoms with E-state index in [9.17, 15) is 0 Å². The zero-order valence-corrected chi connectivity index (χ0v) is 7.04. The van der Waals surface area contributed by atoms with Gasteiger partial charge in [-0.25, -0.2) is 4.53 Å². The summed E-state index contributed by atoms with van der Waals surface area (Å²) < 4.78 is 1.47. The first-order valence-electron chi connectivity index (χ1n) is 2.61. The zero-order chi connectivity index (χ0) is 6.20. The van der Waals surface area contributed by atoms with E-state index in [-0.39, 0.29) is 17.9 Å². The van der Waals surface area contributed by atoms with Crippen LogP contribution >= 0.6 is 24.2 Å². The summed E-state index contributed by atoms with van der Waals surface area (Å²) in [7, 11) is 0. The van der Waals surface area contributed by atoms with Crippen LogP contribution < -0.4 is 0 Å². The van der Waals surface area contributed by atoms with E-state index in [0.717, 1.165) is 6.42 Å². The van der Waals surface area contributed by atoms with Crippen LogP contribution in [0, 0.1) is 0 Å². The number of rotatable bonds is 0. The minimum absolute atomic E-state index is 0. The first-order chi connectivity index (χ1) is 3.63. The molecule has 54 valence electrons. The largest absolute Gasteiger partial charge is 0.200 e. The van der Waals surface area contributed by atoms with Gasteiger partial charge >= 0.3 is 0 Å². The van der Waals surface area contributed by atoms with Gasteiger partial charge in [0.1, 0.15) is 0 Å². The second-order valence-corrected chi connectivity index (χ2v) is 2.89. The monoisotopic (exact) mass is 168 g/mol. The lowest BCUT2D eigenvalue weighted by molar-refractivity contribution is 0.283. The van der Waals surface area contributed by atoms with Crippen molar-refractivity contribution in [3.8, 4) is 0 Å². The minimum Gasteiger partial charge on any atom is -0.200 e. The Labute approximate surface area is 66.4 Å². The van der Waals surface area contributed by atoms with Crippen LogP contribution in [0.15, 0.2) is 5.10 Å². The normalized spacial score (nSPS) is 21.9. The van der Waals surface area contributed by atoms with Gasteiger partial charge in [0.15, 0.2) is 0 Å². The molecule has 1 aliphatic rings. The molecule has 4 heteroatoms. The molecule has 0 saturated heterocycles. The minimum atomic E-state index is 0. The maximum Gasteiger partial charge on any atom is 0.0749 e. The van der Waals surface area contributed by atoms with Gasteiger partial charge in [0.25, 0.3) is 0 Å². The highest BCUT2D eigenvalue weighted by molar-refractivity contribution is 6.14. The molecule has 1 rings (SSSR count). The van der Waals surface area contributed by atoms with Gasteiger partial charge in [-0.1, -0.05) is 0 Å². The molecule has 0 spiro atoms. The third-order valence-corrected chi connectivity index (χ3v) is 1.82. The number of nitrogens with zero attached hydrogens (tertiary/aromatic N) is 2. The van der Waals surface area contributed by atoms with Crippen LogP contribution in [-0.2, 0) is 0 Å². The Bertz CT molecular complexity index is 122. The Hall–Kier alpha value is 0.0500. The molecule has 0 N–H and O–H groups in total. The van der Waals surface area contributed by atoms with Crippen LogP contribution in [0.2, 0.25) is 0 Å². The molecule has 0 fully saturated rings. The molecule has 0 aromatic rings. The van der Waals surface area contributed by atoms with Crippen molar-refractivity contribution >= 4 is 30.4 Å². The molecule has 1 aliphatic heterocycles. The fraction of sp³-hybridized carbons (Fsp3) is 0.800. The van der Waals surface area contributed by atoms with E-state index in [1.807, 2.05) is 20.1 Å². The van der Waals surface area contributed by atoms with Gasteiger partial charge < -0.3 is 0 Å². The second kappa shape index (κ2) is 2.76. The van der Waals surface area contributed by atoms with Gasteiger partial charge in [0.2, 0.25) is 0 Å². The highest BCUT2D eigenvalue weighted by atomic mass is 35.5. The van der Waals surface area contributed by atoms with Crippen molar-refractivity contribution in [1.82, 2.24) is 4.53 Å². The van der Waals surface area contributed by atoms with Crippen molar-refractivity contribution in [2.45, 2.75) is 25.8 Å². The average Bonchev–Trinajstić information content (AvgIpc) is 1.86. The molecule has 9 heavy (non-hydrogen) atoms. The van der Waals surface area contributed by atoms with E-state index >= 15 is 0 Å². The molecular weight excluding hydrogens is 159 g/mol. The lowest BCUT2D eigenvalue weighted by atomic mass is 10.0. The summed E-state index contributed by atoms with van der Waals surface area (Å²) in [6.45, 7) is 4.10. The summed E-state index contributed by atoms with van der Waals surface area (Å²) in [4.78, 5) is 0. The lowest BCUT2D eigenvalue weighted by Crippen LogP contribution is -2.28. The molecular formula is C5H10Cl2N2. The van der Waals surface area contributed by atoms with Crippen LogP contribution in [0.1, 0.15) is 20.3 Å². The maximum atomic E-state index is 5.64. The molecule has 2 nitrogen and oxygen atoms in total. The maximum absolute atomic E-state index is 5.64. The van der Waals surface area contributed by atoms with E-state index < -0.39 is 0 Å². The summed E-state index contributed by atoms with van der Waals surface area (Å²) in [5, 5.41) is 3.86. The van der Waals surface area contributed by atoms with E-state index in [0.29, 0.717) is 0 Å². The van der Waals surface area contributed by atoms with Gasteiger partial charge in [0, 0.05) is 24.4 Å². The smallest absolute Gasteiger partial charge is 0.0749 e. The predicted molar refractivity (Wildman–Crippen MR) is 42.1 cm³/mol. The first kappa shape index (κ1) is 9.05. The highest BCUT2D eigenvalue weighted by Gasteiger charge is 2.27. The molecule has 0 bridgehead atoms. The highest BCUT2D eigenvalue weighted by Crippen LogP contribution is 2.24. The van der Waals surface area contributed by atoms with Crippen molar-refractivity contribution in [1.29, 1.82) is 0 Å². The van der Waals surface area contributed by atoms with Crippen molar-refractivity contribution in [2.75, 3.05) is 0 Å². The van der Waals surface area contributed by atoms with Crippen molar-refractivity contribution < 1.29 is 0 Å². The standard InChI is InChI=1S/C5H9ClN2.ClH/c1-5(2)3-4-7-8(5)6;/h4H,3H2,1-2H3;1H. The molecule has 0 aliphatic carbocycles. The number of hydrogen-bond donors (Lipinski definition) is 0. The van der Waals surface area contributed by atoms with Crippen LogP contribution in [0.25, 0.3) is 0 Å². The summed E-state index contributed by atoms with van der Waals surface area (Å²) in [6.07, 6.45) is 2.77. The van der Waals surface area contributed by atoms with E-state index in [4.69, 9.17) is 11.8 Å². The molecule has 0 aromatic heterocycles. The molecule has 0 atom stereocenters. The first-order valence-corrected chi connectivity index (χ1v) is 2.95. The van der Waals surface area contributed by atoms with Crippen LogP contribution in [0.4, 0.5) is 0 Å². The van der Waals surface area contributed by atoms with Gasteiger partial charge in [0.05, 0.1) is 5.54 Å². The Kier molecular flexibility index (Phi) is 2.77. The third-order valence-electron chi connectivity index (χ3n) is 1.27. The van der Waals surface area contributed by atoms with Gasteiger partial charge in [-0.05, 0) is 13.8 Å². The van der Waals surface area contributed by atoms with Crippen molar-refractivity contribution in [3.63, 3.8) is 0 Å². The van der Waals surface area contributed by atoms with Crippen molar-refractivity contribution in [2.24, 2.45) is 5.10 Å². The van der Waals surface area contributed by atoms with Crippen LogP contribution in [0.5, 0.6) is 0 Å². The summed E-state index contributed by atoms with van der Waals surface area (Å²) in [6, 6.07) is 0. The fourth-order valence-corrected chi connectivity index (χ4v) is 0.698. The number of halogens is 2.